The number of hydrogen-bond donors (Lipinski definition) is 0. The second-order valence-electron chi connectivity index (χ2n) is 16.2. The SMILES string of the molecule is CCCCCC#CCOC(CCC(=O)OCC(COC(=O)CCCCCCC/C=C\C/C=C\CCCCC)COC(=O)OCC1CCCN(CC)C1)OCC#CCCCCC. The molecule has 1 fully saturated rings. The summed E-state index contributed by atoms with van der Waals surface area (Å²) in [6.45, 7) is 12.0. The van der Waals surface area contributed by atoms with Gasteiger partial charge in [-0.25, -0.2) is 4.79 Å². The van der Waals surface area contributed by atoms with E-state index in [4.69, 9.17) is 28.4 Å². The molecule has 0 saturated carbocycles. The fraction of sp³-hybridized carbons (Fsp3) is 0.784. The summed E-state index contributed by atoms with van der Waals surface area (Å²) in [7, 11) is 0. The molecular formula is C51H85NO9. The van der Waals surface area contributed by atoms with Crippen LogP contribution in [0, 0.1) is 35.5 Å². The van der Waals surface area contributed by atoms with Gasteiger partial charge in [0.2, 0.25) is 0 Å². The van der Waals surface area contributed by atoms with Gasteiger partial charge in [-0.15, -0.1) is 11.8 Å². The Labute approximate surface area is 372 Å². The van der Waals surface area contributed by atoms with Gasteiger partial charge in [0.25, 0.3) is 0 Å². The maximum atomic E-state index is 12.9. The predicted molar refractivity (Wildman–Crippen MR) is 246 cm³/mol. The van der Waals surface area contributed by atoms with Gasteiger partial charge in [-0.05, 0) is 77.3 Å². The molecule has 1 aliphatic heterocycles. The number of piperidine rings is 1. The Morgan fingerprint density at radius 2 is 1.18 bits per heavy atom. The van der Waals surface area contributed by atoms with Gasteiger partial charge in [-0.3, -0.25) is 9.59 Å². The minimum Gasteiger partial charge on any atom is -0.465 e. The van der Waals surface area contributed by atoms with Crippen LogP contribution in [-0.2, 0) is 38.0 Å². The van der Waals surface area contributed by atoms with Gasteiger partial charge in [-0.2, -0.15) is 0 Å². The van der Waals surface area contributed by atoms with E-state index in [-0.39, 0.29) is 64.4 Å². The number of likely N-dealkylation sites (tertiary alicyclic amines) is 1. The molecule has 0 spiro atoms. The van der Waals surface area contributed by atoms with E-state index in [0.29, 0.717) is 6.42 Å². The molecule has 0 aromatic heterocycles. The summed E-state index contributed by atoms with van der Waals surface area (Å²) in [5, 5.41) is 0. The molecule has 0 aliphatic carbocycles. The maximum Gasteiger partial charge on any atom is 0.508 e. The third-order valence-corrected chi connectivity index (χ3v) is 10.5. The summed E-state index contributed by atoms with van der Waals surface area (Å²) < 4.78 is 33.8. The van der Waals surface area contributed by atoms with Crippen LogP contribution in [0.15, 0.2) is 24.3 Å². The van der Waals surface area contributed by atoms with E-state index in [1.807, 2.05) is 0 Å². The van der Waals surface area contributed by atoms with Gasteiger partial charge in [0.15, 0.2) is 6.29 Å². The number of unbranched alkanes of at least 4 members (excludes halogenated alkanes) is 14. The monoisotopic (exact) mass is 856 g/mol. The lowest BCUT2D eigenvalue weighted by Crippen LogP contribution is -2.37. The molecule has 61 heavy (non-hydrogen) atoms. The van der Waals surface area contributed by atoms with Crippen LogP contribution in [0.2, 0.25) is 0 Å². The molecular weight excluding hydrogens is 771 g/mol. The van der Waals surface area contributed by atoms with E-state index in [1.54, 1.807) is 0 Å². The minimum absolute atomic E-state index is 0.0386. The van der Waals surface area contributed by atoms with Crippen molar-refractivity contribution in [2.75, 3.05) is 59.3 Å². The van der Waals surface area contributed by atoms with Gasteiger partial charge in [0.1, 0.15) is 33.0 Å². The van der Waals surface area contributed by atoms with E-state index >= 15 is 0 Å². The highest BCUT2D eigenvalue weighted by Gasteiger charge is 2.22. The Morgan fingerprint density at radius 3 is 1.80 bits per heavy atom. The number of esters is 2. The molecule has 348 valence electrons. The summed E-state index contributed by atoms with van der Waals surface area (Å²) in [6.07, 6.45) is 30.8. The topological polar surface area (TPSA) is 110 Å². The van der Waals surface area contributed by atoms with Crippen molar-refractivity contribution in [1.82, 2.24) is 4.90 Å². The first-order chi connectivity index (χ1) is 29.9. The minimum atomic E-state index is -0.777. The van der Waals surface area contributed by atoms with E-state index in [1.165, 1.54) is 25.7 Å². The normalized spacial score (nSPS) is 14.7. The molecule has 0 bridgehead atoms. The fourth-order valence-electron chi connectivity index (χ4n) is 6.70. The molecule has 1 heterocycles. The van der Waals surface area contributed by atoms with Crippen LogP contribution in [0.1, 0.15) is 182 Å². The fourth-order valence-corrected chi connectivity index (χ4v) is 6.70. The largest absolute Gasteiger partial charge is 0.508 e. The molecule has 10 heteroatoms. The average Bonchev–Trinajstić information content (AvgIpc) is 3.27. The maximum absolute atomic E-state index is 12.9. The molecule has 0 radical (unpaired) electrons. The van der Waals surface area contributed by atoms with Crippen molar-refractivity contribution in [3.8, 4) is 23.7 Å². The highest BCUT2D eigenvalue weighted by atomic mass is 16.7. The molecule has 0 aromatic carbocycles. The Balaban J connectivity index is 2.59. The first-order valence-electron chi connectivity index (χ1n) is 24.2. The Bertz CT molecular complexity index is 1240. The molecule has 0 amide bonds. The molecule has 1 aliphatic rings. The Hall–Kier alpha value is -3.31. The van der Waals surface area contributed by atoms with Crippen molar-refractivity contribution >= 4 is 18.1 Å². The summed E-state index contributed by atoms with van der Waals surface area (Å²) in [5.74, 6) is 11.3. The Kier molecular flexibility index (Phi) is 38.4. The summed E-state index contributed by atoms with van der Waals surface area (Å²) >= 11 is 0. The zero-order valence-electron chi connectivity index (χ0n) is 39.0. The lowest BCUT2D eigenvalue weighted by Gasteiger charge is -2.31. The van der Waals surface area contributed by atoms with Crippen molar-refractivity contribution in [2.24, 2.45) is 11.8 Å². The number of nitrogens with zero attached hydrogens (tertiary/aromatic N) is 1. The second kappa shape index (κ2) is 42.0. The molecule has 2 unspecified atom stereocenters. The number of ether oxygens (including phenoxy) is 6. The zero-order valence-corrected chi connectivity index (χ0v) is 39.0. The average molecular weight is 856 g/mol. The van der Waals surface area contributed by atoms with E-state index < -0.39 is 24.3 Å². The van der Waals surface area contributed by atoms with Gasteiger partial charge >= 0.3 is 18.1 Å². The smallest absolute Gasteiger partial charge is 0.465 e. The Morgan fingerprint density at radius 1 is 0.623 bits per heavy atom. The third-order valence-electron chi connectivity index (χ3n) is 10.5. The zero-order chi connectivity index (χ0) is 44.3. The molecule has 0 aromatic rings. The molecule has 0 N–H and O–H groups in total. The van der Waals surface area contributed by atoms with Gasteiger partial charge in [-0.1, -0.05) is 122 Å². The lowest BCUT2D eigenvalue weighted by molar-refractivity contribution is -0.155. The van der Waals surface area contributed by atoms with Crippen LogP contribution in [0.4, 0.5) is 4.79 Å². The van der Waals surface area contributed by atoms with Crippen molar-refractivity contribution in [2.45, 2.75) is 188 Å². The van der Waals surface area contributed by atoms with Crippen LogP contribution in [0.5, 0.6) is 0 Å². The van der Waals surface area contributed by atoms with Crippen LogP contribution in [0.25, 0.3) is 0 Å². The van der Waals surface area contributed by atoms with Gasteiger partial charge in [0.05, 0.1) is 18.9 Å². The number of hydrogen-bond acceptors (Lipinski definition) is 10. The predicted octanol–water partition coefficient (Wildman–Crippen LogP) is 11.7. The quantitative estimate of drug-likeness (QED) is 0.0151. The second-order valence-corrected chi connectivity index (χ2v) is 16.2. The number of allylic oxidation sites excluding steroid dienone is 4. The summed E-state index contributed by atoms with van der Waals surface area (Å²) in [6, 6.07) is 0. The molecule has 10 nitrogen and oxygen atoms in total. The van der Waals surface area contributed by atoms with E-state index in [9.17, 15) is 14.4 Å². The number of carbonyl (C=O) groups is 3. The summed E-state index contributed by atoms with van der Waals surface area (Å²) in [4.78, 5) is 40.6. The van der Waals surface area contributed by atoms with Crippen LogP contribution < -0.4 is 0 Å². The molecule has 1 saturated heterocycles. The van der Waals surface area contributed by atoms with Crippen molar-refractivity contribution in [3.63, 3.8) is 0 Å². The number of rotatable bonds is 36. The van der Waals surface area contributed by atoms with Crippen LogP contribution >= 0.6 is 0 Å². The van der Waals surface area contributed by atoms with Crippen LogP contribution in [0.3, 0.4) is 0 Å². The summed E-state index contributed by atoms with van der Waals surface area (Å²) in [5.41, 5.74) is 0. The first kappa shape index (κ1) is 55.7. The van der Waals surface area contributed by atoms with Gasteiger partial charge in [0, 0.05) is 38.1 Å². The molecule has 1 rings (SSSR count). The lowest BCUT2D eigenvalue weighted by atomic mass is 9.99. The third kappa shape index (κ3) is 35.9. The van der Waals surface area contributed by atoms with Crippen LogP contribution in [-0.4, -0.2) is 88.6 Å². The van der Waals surface area contributed by atoms with E-state index in [2.05, 4.69) is 80.6 Å². The van der Waals surface area contributed by atoms with Crippen molar-refractivity contribution in [1.29, 1.82) is 0 Å². The number of carbonyl (C=O) groups excluding carboxylic acids is 3. The standard InChI is InChI=1S/C51H85NO9/c1-5-9-12-15-18-19-20-21-22-23-24-25-26-27-30-35-48(53)58-43-47(45-61-51(55)60-42-46-34-33-38-52(8-4)41-46)44-59-49(54)36-37-50(56-39-31-28-16-13-10-6-2)57-40-32-29-17-14-11-7-3/h18-19,21-22,46-47,50H,5-17,20,23-27,30,33-45H2,1-4H3/b19-18-,22-21-. The van der Waals surface area contributed by atoms with Crippen molar-refractivity contribution < 1.29 is 42.8 Å². The highest BCUT2D eigenvalue weighted by molar-refractivity contribution is 5.69. The van der Waals surface area contributed by atoms with Gasteiger partial charge < -0.3 is 33.3 Å². The molecule has 2 atom stereocenters. The highest BCUT2D eigenvalue weighted by Crippen LogP contribution is 2.17. The van der Waals surface area contributed by atoms with E-state index in [0.717, 1.165) is 129 Å². The van der Waals surface area contributed by atoms with Crippen molar-refractivity contribution in [3.05, 3.63) is 24.3 Å². The first-order valence-corrected chi connectivity index (χ1v) is 24.2.